The highest BCUT2D eigenvalue weighted by Gasteiger charge is 2.08. The van der Waals surface area contributed by atoms with Crippen molar-refractivity contribution in [3.63, 3.8) is 0 Å². The molecule has 0 amide bonds. The highest BCUT2D eigenvalue weighted by atomic mass is 35.5. The van der Waals surface area contributed by atoms with Crippen LogP contribution in [0, 0.1) is 0 Å². The summed E-state index contributed by atoms with van der Waals surface area (Å²) in [4.78, 5) is 17.1. The van der Waals surface area contributed by atoms with Crippen LogP contribution in [0.25, 0.3) is 11.0 Å². The minimum Gasteiger partial charge on any atom is -0.364 e. The second-order valence-electron chi connectivity index (χ2n) is 4.53. The molecule has 21 heavy (non-hydrogen) atoms. The summed E-state index contributed by atoms with van der Waals surface area (Å²) in [7, 11) is 0. The van der Waals surface area contributed by atoms with Gasteiger partial charge in [-0.2, -0.15) is 4.98 Å². The van der Waals surface area contributed by atoms with E-state index in [0.717, 1.165) is 23.2 Å². The van der Waals surface area contributed by atoms with Crippen molar-refractivity contribution in [1.29, 1.82) is 0 Å². The maximum atomic E-state index is 5.96. The van der Waals surface area contributed by atoms with Crippen LogP contribution in [0.15, 0.2) is 36.7 Å². The number of anilines is 1. The van der Waals surface area contributed by atoms with Crippen LogP contribution in [0.4, 0.5) is 5.82 Å². The Morgan fingerprint density at radius 2 is 1.90 bits per heavy atom. The molecule has 0 aliphatic carbocycles. The van der Waals surface area contributed by atoms with Crippen molar-refractivity contribution in [2.75, 3.05) is 5.32 Å². The quantitative estimate of drug-likeness (QED) is 0.749. The molecule has 0 saturated heterocycles. The SMILES string of the molecule is CCc1ncccc1CNc1nc(Cl)nc2cccnc12. The average Bonchev–Trinajstić information content (AvgIpc) is 2.52. The van der Waals surface area contributed by atoms with Crippen LogP contribution in [0.5, 0.6) is 0 Å². The molecule has 0 fully saturated rings. The molecule has 3 aromatic heterocycles. The number of hydrogen-bond acceptors (Lipinski definition) is 5. The van der Waals surface area contributed by atoms with Crippen LogP contribution in [0.1, 0.15) is 18.2 Å². The average molecular weight is 300 g/mol. The van der Waals surface area contributed by atoms with E-state index in [0.29, 0.717) is 17.9 Å². The number of aryl methyl sites for hydroxylation is 1. The predicted octanol–water partition coefficient (Wildman–Crippen LogP) is 3.25. The molecule has 0 atom stereocenters. The van der Waals surface area contributed by atoms with Gasteiger partial charge in [0, 0.05) is 24.6 Å². The fourth-order valence-electron chi connectivity index (χ4n) is 2.19. The molecule has 106 valence electrons. The first-order valence-electron chi connectivity index (χ1n) is 6.73. The summed E-state index contributed by atoms with van der Waals surface area (Å²) in [6.07, 6.45) is 4.41. The molecular formula is C15H14ClN5. The van der Waals surface area contributed by atoms with E-state index in [1.807, 2.05) is 18.2 Å². The maximum absolute atomic E-state index is 5.96. The minimum atomic E-state index is 0.208. The molecule has 0 bridgehead atoms. The molecule has 3 aromatic rings. The Labute approximate surface area is 127 Å². The summed E-state index contributed by atoms with van der Waals surface area (Å²) in [6, 6.07) is 7.67. The number of hydrogen-bond donors (Lipinski definition) is 1. The van der Waals surface area contributed by atoms with Gasteiger partial charge in [-0.3, -0.25) is 9.97 Å². The van der Waals surface area contributed by atoms with Crippen LogP contribution in [0.2, 0.25) is 5.28 Å². The van der Waals surface area contributed by atoms with Gasteiger partial charge in [0.05, 0.1) is 5.52 Å². The highest BCUT2D eigenvalue weighted by molar-refractivity contribution is 6.28. The molecular weight excluding hydrogens is 286 g/mol. The number of aromatic nitrogens is 4. The Hall–Kier alpha value is -2.27. The monoisotopic (exact) mass is 299 g/mol. The molecule has 0 aliphatic rings. The van der Waals surface area contributed by atoms with E-state index in [4.69, 9.17) is 11.6 Å². The third kappa shape index (κ3) is 2.92. The van der Waals surface area contributed by atoms with Gasteiger partial charge in [-0.25, -0.2) is 4.98 Å². The third-order valence-electron chi connectivity index (χ3n) is 3.19. The summed E-state index contributed by atoms with van der Waals surface area (Å²) in [6.45, 7) is 2.71. The zero-order valence-corrected chi connectivity index (χ0v) is 12.3. The maximum Gasteiger partial charge on any atom is 0.225 e. The predicted molar refractivity (Wildman–Crippen MR) is 83.3 cm³/mol. The van der Waals surface area contributed by atoms with Gasteiger partial charge in [0.2, 0.25) is 5.28 Å². The Morgan fingerprint density at radius 3 is 2.76 bits per heavy atom. The van der Waals surface area contributed by atoms with Crippen LogP contribution in [-0.2, 0) is 13.0 Å². The first-order valence-corrected chi connectivity index (χ1v) is 7.10. The first kappa shape index (κ1) is 13.7. The van der Waals surface area contributed by atoms with E-state index in [2.05, 4.69) is 38.2 Å². The van der Waals surface area contributed by atoms with Gasteiger partial charge in [-0.15, -0.1) is 0 Å². The molecule has 0 unspecified atom stereocenters. The lowest BCUT2D eigenvalue weighted by molar-refractivity contribution is 0.964. The van der Waals surface area contributed by atoms with Gasteiger partial charge in [-0.1, -0.05) is 13.0 Å². The van der Waals surface area contributed by atoms with E-state index in [1.54, 1.807) is 12.4 Å². The summed E-state index contributed by atoms with van der Waals surface area (Å²) >= 11 is 5.96. The lowest BCUT2D eigenvalue weighted by Gasteiger charge is -2.10. The van der Waals surface area contributed by atoms with Gasteiger partial charge in [0.1, 0.15) is 5.52 Å². The Balaban J connectivity index is 1.92. The van der Waals surface area contributed by atoms with Gasteiger partial charge in [0.15, 0.2) is 5.82 Å². The van der Waals surface area contributed by atoms with Crippen molar-refractivity contribution in [2.24, 2.45) is 0 Å². The summed E-state index contributed by atoms with van der Waals surface area (Å²) < 4.78 is 0. The van der Waals surface area contributed by atoms with Crippen molar-refractivity contribution < 1.29 is 0 Å². The normalized spacial score (nSPS) is 10.8. The lowest BCUT2D eigenvalue weighted by Crippen LogP contribution is -2.06. The lowest BCUT2D eigenvalue weighted by atomic mass is 10.1. The van der Waals surface area contributed by atoms with Gasteiger partial charge >= 0.3 is 0 Å². The van der Waals surface area contributed by atoms with E-state index < -0.39 is 0 Å². The van der Waals surface area contributed by atoms with Crippen molar-refractivity contribution in [3.8, 4) is 0 Å². The van der Waals surface area contributed by atoms with Crippen LogP contribution in [-0.4, -0.2) is 19.9 Å². The smallest absolute Gasteiger partial charge is 0.225 e. The van der Waals surface area contributed by atoms with E-state index >= 15 is 0 Å². The zero-order chi connectivity index (χ0) is 14.7. The minimum absolute atomic E-state index is 0.208. The largest absolute Gasteiger partial charge is 0.364 e. The Morgan fingerprint density at radius 1 is 1.10 bits per heavy atom. The molecule has 5 nitrogen and oxygen atoms in total. The standard InChI is InChI=1S/C15H14ClN5/c1-2-11-10(5-3-7-17-11)9-19-14-13-12(6-4-8-18-13)20-15(16)21-14/h3-8H,2,9H2,1H3,(H,19,20,21). The van der Waals surface area contributed by atoms with Gasteiger partial charge in [-0.05, 0) is 41.8 Å². The van der Waals surface area contributed by atoms with Gasteiger partial charge in [0.25, 0.3) is 0 Å². The van der Waals surface area contributed by atoms with E-state index in [1.165, 1.54) is 0 Å². The molecule has 6 heteroatoms. The molecule has 0 saturated carbocycles. The molecule has 3 rings (SSSR count). The first-order chi connectivity index (χ1) is 10.3. The van der Waals surface area contributed by atoms with Crippen molar-refractivity contribution in [1.82, 2.24) is 19.9 Å². The van der Waals surface area contributed by atoms with Crippen molar-refractivity contribution in [2.45, 2.75) is 19.9 Å². The second-order valence-corrected chi connectivity index (χ2v) is 4.87. The highest BCUT2D eigenvalue weighted by Crippen LogP contribution is 2.20. The van der Waals surface area contributed by atoms with Crippen LogP contribution < -0.4 is 5.32 Å². The molecule has 0 aromatic carbocycles. The number of nitrogens with one attached hydrogen (secondary N) is 1. The Kier molecular flexibility index (Phi) is 3.92. The number of halogens is 1. The second kappa shape index (κ2) is 6.01. The third-order valence-corrected chi connectivity index (χ3v) is 3.36. The van der Waals surface area contributed by atoms with Crippen molar-refractivity contribution in [3.05, 3.63) is 53.2 Å². The summed E-state index contributed by atoms with van der Waals surface area (Å²) in [5.74, 6) is 0.636. The number of nitrogens with zero attached hydrogens (tertiary/aromatic N) is 4. The molecule has 0 aliphatic heterocycles. The molecule has 3 heterocycles. The summed E-state index contributed by atoms with van der Waals surface area (Å²) in [5.41, 5.74) is 3.65. The fraction of sp³-hybridized carbons (Fsp3) is 0.200. The summed E-state index contributed by atoms with van der Waals surface area (Å²) in [5, 5.41) is 3.49. The van der Waals surface area contributed by atoms with Crippen molar-refractivity contribution >= 4 is 28.5 Å². The molecule has 1 N–H and O–H groups in total. The van der Waals surface area contributed by atoms with E-state index in [9.17, 15) is 0 Å². The fourth-order valence-corrected chi connectivity index (χ4v) is 2.37. The Bertz CT molecular complexity index is 775. The number of rotatable bonds is 4. The molecule has 0 spiro atoms. The van der Waals surface area contributed by atoms with E-state index in [-0.39, 0.29) is 5.28 Å². The van der Waals surface area contributed by atoms with Gasteiger partial charge < -0.3 is 5.32 Å². The topological polar surface area (TPSA) is 63.6 Å². The molecule has 0 radical (unpaired) electrons. The van der Waals surface area contributed by atoms with Crippen LogP contribution >= 0.6 is 11.6 Å². The number of fused-ring (bicyclic) bond motifs is 1. The number of pyridine rings is 2. The zero-order valence-electron chi connectivity index (χ0n) is 11.5. The van der Waals surface area contributed by atoms with Crippen LogP contribution in [0.3, 0.4) is 0 Å².